The quantitative estimate of drug-likeness (QED) is 0.765. The summed E-state index contributed by atoms with van der Waals surface area (Å²) in [6, 6.07) is 3.58. The molecule has 3 heteroatoms. The van der Waals surface area contributed by atoms with Crippen LogP contribution in [0.4, 0.5) is 4.39 Å². The van der Waals surface area contributed by atoms with Crippen LogP contribution in [-0.2, 0) is 16.0 Å². The Labute approximate surface area is 116 Å². The second kappa shape index (κ2) is 8.68. The Kier molecular flexibility index (Phi) is 8.05. The van der Waals surface area contributed by atoms with Gasteiger partial charge >= 0.3 is 5.97 Å². The summed E-state index contributed by atoms with van der Waals surface area (Å²) < 4.78 is 18.4. The van der Waals surface area contributed by atoms with Crippen LogP contribution < -0.4 is 0 Å². The molecule has 1 aromatic carbocycles. The molecule has 2 nitrogen and oxygen atoms in total. The van der Waals surface area contributed by atoms with Gasteiger partial charge in [0, 0.05) is 0 Å². The summed E-state index contributed by atoms with van der Waals surface area (Å²) >= 11 is 0. The molecule has 0 aliphatic heterocycles. The highest BCUT2D eigenvalue weighted by atomic mass is 19.1. The molecule has 1 rings (SSSR count). The Bertz CT molecular complexity index is 390. The number of ether oxygens (including phenoxy) is 1. The van der Waals surface area contributed by atoms with Crippen LogP contribution in [0.25, 0.3) is 0 Å². The van der Waals surface area contributed by atoms with E-state index in [1.165, 1.54) is 0 Å². The number of hydrogen-bond donors (Lipinski definition) is 0. The molecule has 0 saturated carbocycles. The molecule has 0 amide bonds. The standard InChI is InChI=1S/C14H19FO2.C2H6/c1-5-17-14(16)11(4)8-12-6-9(2)13(15)10(3)7-12;1-2/h6-7,11H,5,8H2,1-4H3;1-2H3. The van der Waals surface area contributed by atoms with E-state index in [2.05, 4.69) is 0 Å². The van der Waals surface area contributed by atoms with Crippen molar-refractivity contribution in [2.75, 3.05) is 6.61 Å². The van der Waals surface area contributed by atoms with E-state index in [4.69, 9.17) is 4.74 Å². The number of carbonyl (C=O) groups is 1. The summed E-state index contributed by atoms with van der Waals surface area (Å²) in [4.78, 5) is 11.5. The van der Waals surface area contributed by atoms with Crippen molar-refractivity contribution in [3.8, 4) is 0 Å². The van der Waals surface area contributed by atoms with Crippen molar-refractivity contribution in [3.63, 3.8) is 0 Å². The van der Waals surface area contributed by atoms with E-state index < -0.39 is 0 Å². The third-order valence-electron chi connectivity index (χ3n) is 2.73. The SMILES string of the molecule is CC.CCOC(=O)C(C)Cc1cc(C)c(F)c(C)c1. The van der Waals surface area contributed by atoms with Crippen molar-refractivity contribution in [2.45, 2.75) is 48.0 Å². The molecule has 0 fully saturated rings. The third-order valence-corrected chi connectivity index (χ3v) is 2.73. The summed E-state index contributed by atoms with van der Waals surface area (Å²) in [6.07, 6.45) is 0.584. The van der Waals surface area contributed by atoms with Crippen LogP contribution in [0.5, 0.6) is 0 Å². The minimum Gasteiger partial charge on any atom is -0.466 e. The molecule has 0 heterocycles. The lowest BCUT2D eigenvalue weighted by Gasteiger charge is -2.12. The molecule has 0 aliphatic carbocycles. The summed E-state index contributed by atoms with van der Waals surface area (Å²) in [6.45, 7) is 11.5. The lowest BCUT2D eigenvalue weighted by molar-refractivity contribution is -0.147. The molecule has 0 N–H and O–H groups in total. The molecule has 0 radical (unpaired) electrons. The maximum Gasteiger partial charge on any atom is 0.308 e. The number of esters is 1. The van der Waals surface area contributed by atoms with Crippen molar-refractivity contribution in [1.82, 2.24) is 0 Å². The fraction of sp³-hybridized carbons (Fsp3) is 0.562. The van der Waals surface area contributed by atoms with E-state index in [9.17, 15) is 9.18 Å². The summed E-state index contributed by atoms with van der Waals surface area (Å²) in [5.41, 5.74) is 2.22. The topological polar surface area (TPSA) is 26.3 Å². The van der Waals surface area contributed by atoms with Crippen LogP contribution in [-0.4, -0.2) is 12.6 Å². The predicted molar refractivity (Wildman–Crippen MR) is 76.7 cm³/mol. The van der Waals surface area contributed by atoms with Gasteiger partial charge in [0.15, 0.2) is 0 Å². The van der Waals surface area contributed by atoms with Crippen molar-refractivity contribution >= 4 is 5.97 Å². The van der Waals surface area contributed by atoms with Crippen molar-refractivity contribution in [2.24, 2.45) is 5.92 Å². The molecule has 0 aromatic heterocycles. The molecule has 1 aromatic rings. The van der Waals surface area contributed by atoms with Crippen LogP contribution in [0.15, 0.2) is 12.1 Å². The Balaban J connectivity index is 0.00000154. The van der Waals surface area contributed by atoms with Crippen molar-refractivity contribution in [3.05, 3.63) is 34.6 Å². The Morgan fingerprint density at radius 2 is 1.74 bits per heavy atom. The zero-order valence-electron chi connectivity index (χ0n) is 12.8. The molecule has 1 unspecified atom stereocenters. The minimum atomic E-state index is -0.202. The Morgan fingerprint density at radius 3 is 2.16 bits per heavy atom. The van der Waals surface area contributed by atoms with Gasteiger partial charge < -0.3 is 4.74 Å². The number of aryl methyl sites for hydroxylation is 2. The maximum atomic E-state index is 13.4. The van der Waals surface area contributed by atoms with Gasteiger partial charge in [0.05, 0.1) is 12.5 Å². The van der Waals surface area contributed by atoms with Crippen LogP contribution in [0.1, 0.15) is 44.4 Å². The molecule has 108 valence electrons. The normalized spacial score (nSPS) is 11.3. The van der Waals surface area contributed by atoms with Crippen molar-refractivity contribution < 1.29 is 13.9 Å². The second-order valence-corrected chi connectivity index (χ2v) is 4.40. The van der Waals surface area contributed by atoms with E-state index in [-0.39, 0.29) is 17.7 Å². The van der Waals surface area contributed by atoms with E-state index in [1.54, 1.807) is 32.9 Å². The Morgan fingerprint density at radius 1 is 1.26 bits per heavy atom. The fourth-order valence-corrected chi connectivity index (χ4v) is 1.87. The van der Waals surface area contributed by atoms with Gasteiger partial charge in [0.25, 0.3) is 0 Å². The summed E-state index contributed by atoms with van der Waals surface area (Å²) in [5, 5.41) is 0. The molecule has 0 aliphatic rings. The van der Waals surface area contributed by atoms with Gasteiger partial charge in [-0.2, -0.15) is 0 Å². The number of halogens is 1. The summed E-state index contributed by atoms with van der Waals surface area (Å²) in [7, 11) is 0. The zero-order chi connectivity index (χ0) is 15.0. The number of hydrogen-bond acceptors (Lipinski definition) is 2. The van der Waals surface area contributed by atoms with Gasteiger partial charge in [-0.1, -0.05) is 32.9 Å². The van der Waals surface area contributed by atoms with Crippen LogP contribution >= 0.6 is 0 Å². The van der Waals surface area contributed by atoms with Gasteiger partial charge in [-0.05, 0) is 43.9 Å². The minimum absolute atomic E-state index is 0.169. The largest absolute Gasteiger partial charge is 0.466 e. The number of benzene rings is 1. The monoisotopic (exact) mass is 268 g/mol. The highest BCUT2D eigenvalue weighted by Crippen LogP contribution is 2.18. The molecule has 1 atom stereocenters. The first-order chi connectivity index (χ1) is 8.95. The number of carbonyl (C=O) groups excluding carboxylic acids is 1. The van der Waals surface area contributed by atoms with E-state index in [0.717, 1.165) is 5.56 Å². The van der Waals surface area contributed by atoms with E-state index >= 15 is 0 Å². The molecule has 0 saturated heterocycles. The van der Waals surface area contributed by atoms with E-state index in [0.29, 0.717) is 24.2 Å². The zero-order valence-corrected chi connectivity index (χ0v) is 12.8. The fourth-order valence-electron chi connectivity index (χ4n) is 1.87. The first kappa shape index (κ1) is 17.6. The maximum absolute atomic E-state index is 13.4. The van der Waals surface area contributed by atoms with Crippen LogP contribution in [0, 0.1) is 25.6 Å². The van der Waals surface area contributed by atoms with Crippen LogP contribution in [0.2, 0.25) is 0 Å². The van der Waals surface area contributed by atoms with Crippen molar-refractivity contribution in [1.29, 1.82) is 0 Å². The smallest absolute Gasteiger partial charge is 0.308 e. The first-order valence-corrected chi connectivity index (χ1v) is 6.88. The van der Waals surface area contributed by atoms with E-state index in [1.807, 2.05) is 20.8 Å². The molecule has 0 bridgehead atoms. The number of rotatable bonds is 4. The van der Waals surface area contributed by atoms with Gasteiger partial charge in [0.2, 0.25) is 0 Å². The third kappa shape index (κ3) is 5.41. The van der Waals surface area contributed by atoms with Gasteiger partial charge in [0.1, 0.15) is 5.82 Å². The average molecular weight is 268 g/mol. The predicted octanol–water partition coefficient (Wildman–Crippen LogP) is 4.21. The lowest BCUT2D eigenvalue weighted by atomic mass is 9.97. The van der Waals surface area contributed by atoms with Crippen LogP contribution in [0.3, 0.4) is 0 Å². The second-order valence-electron chi connectivity index (χ2n) is 4.40. The molecular weight excluding hydrogens is 243 g/mol. The molecule has 19 heavy (non-hydrogen) atoms. The first-order valence-electron chi connectivity index (χ1n) is 6.88. The van der Waals surface area contributed by atoms with Gasteiger partial charge in [-0.25, -0.2) is 4.39 Å². The highest BCUT2D eigenvalue weighted by Gasteiger charge is 2.15. The highest BCUT2D eigenvalue weighted by molar-refractivity contribution is 5.72. The Hall–Kier alpha value is -1.38. The molecule has 0 spiro atoms. The lowest BCUT2D eigenvalue weighted by Crippen LogP contribution is -2.17. The molecular formula is C16H25FO2. The van der Waals surface area contributed by atoms with Gasteiger partial charge in [-0.3, -0.25) is 4.79 Å². The van der Waals surface area contributed by atoms with Gasteiger partial charge in [-0.15, -0.1) is 0 Å². The average Bonchev–Trinajstić information content (AvgIpc) is 2.38. The summed E-state index contributed by atoms with van der Waals surface area (Å²) in [5.74, 6) is -0.566.